The summed E-state index contributed by atoms with van der Waals surface area (Å²) >= 11 is 1.80. The Balaban J connectivity index is 3.08. The molecule has 0 aliphatic heterocycles. The number of nitrogens with one attached hydrogen (secondary N) is 1. The average Bonchev–Trinajstić information content (AvgIpc) is 2.08. The van der Waals surface area contributed by atoms with E-state index in [1.54, 1.807) is 22.6 Å². The summed E-state index contributed by atoms with van der Waals surface area (Å²) in [6.45, 7) is 1.48. The maximum atomic E-state index is 13.2. The molecule has 1 aliphatic rings. The largest absolute Gasteiger partial charge is 0.308 e. The third-order valence-corrected chi connectivity index (χ3v) is 2.67. The Labute approximate surface area is 83.2 Å². The molecule has 0 radical (unpaired) electrons. The van der Waals surface area contributed by atoms with Gasteiger partial charge in [0.15, 0.2) is 0 Å². The molecule has 0 amide bonds. The van der Waals surface area contributed by atoms with Gasteiger partial charge in [-0.1, -0.05) is 6.92 Å². The summed E-state index contributed by atoms with van der Waals surface area (Å²) in [5.41, 5.74) is 0.244. The minimum absolute atomic E-state index is 0.244. The van der Waals surface area contributed by atoms with Gasteiger partial charge in [0.25, 0.3) is 0 Å². The van der Waals surface area contributed by atoms with Crippen LogP contribution >= 0.6 is 22.6 Å². The molecule has 12 heavy (non-hydrogen) atoms. The van der Waals surface area contributed by atoms with Crippen LogP contribution in [0.25, 0.3) is 0 Å². The Morgan fingerprint density at radius 3 is 2.75 bits per heavy atom. The minimum Gasteiger partial charge on any atom is -0.308 e. The van der Waals surface area contributed by atoms with Crippen LogP contribution in [0.15, 0.2) is 21.1 Å². The summed E-state index contributed by atoms with van der Waals surface area (Å²) in [6.07, 6.45) is 0.931. The lowest BCUT2D eigenvalue weighted by Crippen LogP contribution is -2.20. The van der Waals surface area contributed by atoms with Gasteiger partial charge < -0.3 is 5.41 Å². The molecule has 0 aromatic carbocycles. The van der Waals surface area contributed by atoms with Gasteiger partial charge in [0.05, 0.1) is 0 Å². The smallest absolute Gasteiger partial charge is 0.135 e. The second-order valence-electron chi connectivity index (χ2n) is 2.67. The first-order chi connectivity index (χ1) is 5.57. The molecule has 0 fully saturated rings. The topological polar surface area (TPSA) is 23.9 Å². The molecule has 1 nitrogen and oxygen atoms in total. The van der Waals surface area contributed by atoms with Crippen LogP contribution in [-0.4, -0.2) is 12.4 Å². The molecule has 4 heteroatoms. The van der Waals surface area contributed by atoms with E-state index < -0.39 is 17.9 Å². The minimum atomic E-state index is -1.37. The van der Waals surface area contributed by atoms with Crippen LogP contribution in [-0.2, 0) is 0 Å². The average molecular weight is 283 g/mol. The van der Waals surface area contributed by atoms with Crippen molar-refractivity contribution in [3.63, 3.8) is 0 Å². The van der Waals surface area contributed by atoms with Crippen LogP contribution in [0.3, 0.4) is 0 Å². The predicted molar refractivity (Wildman–Crippen MR) is 53.1 cm³/mol. The molecular weight excluding hydrogens is 275 g/mol. The van der Waals surface area contributed by atoms with Gasteiger partial charge in [0.1, 0.15) is 12.0 Å². The van der Waals surface area contributed by atoms with E-state index in [1.165, 1.54) is 13.0 Å². The van der Waals surface area contributed by atoms with E-state index in [9.17, 15) is 8.78 Å². The van der Waals surface area contributed by atoms with Crippen molar-refractivity contribution in [2.24, 2.45) is 5.92 Å². The van der Waals surface area contributed by atoms with Crippen molar-refractivity contribution < 1.29 is 8.78 Å². The molecule has 2 unspecified atom stereocenters. The second-order valence-corrected chi connectivity index (χ2v) is 3.84. The van der Waals surface area contributed by atoms with Gasteiger partial charge in [0.2, 0.25) is 0 Å². The van der Waals surface area contributed by atoms with Crippen molar-refractivity contribution in [2.45, 2.75) is 13.1 Å². The highest BCUT2D eigenvalue weighted by molar-refractivity contribution is 14.1. The Kier molecular flexibility index (Phi) is 2.98. The zero-order chi connectivity index (χ0) is 9.30. The Morgan fingerprint density at radius 1 is 1.67 bits per heavy atom. The summed E-state index contributed by atoms with van der Waals surface area (Å²) < 4.78 is 26.6. The van der Waals surface area contributed by atoms with Crippen molar-refractivity contribution in [3.05, 3.63) is 21.1 Å². The van der Waals surface area contributed by atoms with Crippen molar-refractivity contribution in [3.8, 4) is 0 Å². The lowest BCUT2D eigenvalue weighted by Gasteiger charge is -2.20. The van der Waals surface area contributed by atoms with Crippen LogP contribution in [0.1, 0.15) is 6.92 Å². The summed E-state index contributed by atoms with van der Waals surface area (Å²) in [5, 5.41) is 6.89. The summed E-state index contributed by atoms with van der Waals surface area (Å²) in [5.74, 6) is -1.17. The fourth-order valence-corrected chi connectivity index (χ4v) is 1.90. The van der Waals surface area contributed by atoms with Gasteiger partial charge in [-0.3, -0.25) is 0 Å². The van der Waals surface area contributed by atoms with E-state index in [0.717, 1.165) is 6.21 Å². The zero-order valence-corrected chi connectivity index (χ0v) is 8.60. The first kappa shape index (κ1) is 9.83. The molecule has 0 bridgehead atoms. The molecule has 1 rings (SSSR count). The summed E-state index contributed by atoms with van der Waals surface area (Å²) in [7, 11) is 0. The lowest BCUT2D eigenvalue weighted by atomic mass is 9.93. The third-order valence-electron chi connectivity index (χ3n) is 1.85. The quantitative estimate of drug-likeness (QED) is 0.564. The van der Waals surface area contributed by atoms with Crippen LogP contribution < -0.4 is 0 Å². The highest BCUT2D eigenvalue weighted by Gasteiger charge is 2.28. The van der Waals surface area contributed by atoms with E-state index in [2.05, 4.69) is 0 Å². The number of alkyl halides is 1. The molecule has 1 aliphatic carbocycles. The molecular formula is C8H8F2IN. The van der Waals surface area contributed by atoms with E-state index in [1.807, 2.05) is 0 Å². The summed E-state index contributed by atoms with van der Waals surface area (Å²) in [4.78, 5) is 0. The second kappa shape index (κ2) is 3.64. The molecule has 0 aromatic rings. The third kappa shape index (κ3) is 1.57. The number of hydrogen-bond acceptors (Lipinski definition) is 1. The van der Waals surface area contributed by atoms with Crippen molar-refractivity contribution in [1.82, 2.24) is 0 Å². The summed E-state index contributed by atoms with van der Waals surface area (Å²) in [6, 6.07) is 0. The van der Waals surface area contributed by atoms with Crippen LogP contribution in [0.4, 0.5) is 8.78 Å². The van der Waals surface area contributed by atoms with Crippen molar-refractivity contribution in [1.29, 1.82) is 5.41 Å². The van der Waals surface area contributed by atoms with Crippen LogP contribution in [0.2, 0.25) is 0 Å². The van der Waals surface area contributed by atoms with Crippen molar-refractivity contribution in [2.75, 3.05) is 0 Å². The molecule has 66 valence electrons. The van der Waals surface area contributed by atoms with Gasteiger partial charge in [-0.15, -0.1) is 0 Å². The molecule has 1 N–H and O–H groups in total. The van der Waals surface area contributed by atoms with Gasteiger partial charge in [0, 0.05) is 21.3 Å². The molecule has 2 atom stereocenters. The fourth-order valence-electron chi connectivity index (χ4n) is 1.05. The van der Waals surface area contributed by atoms with E-state index in [0.29, 0.717) is 3.58 Å². The van der Waals surface area contributed by atoms with Gasteiger partial charge in [-0.25, -0.2) is 8.78 Å². The monoisotopic (exact) mass is 283 g/mol. The Morgan fingerprint density at radius 2 is 2.25 bits per heavy atom. The molecule has 0 aromatic heterocycles. The molecule has 0 saturated carbocycles. The molecule has 0 spiro atoms. The Hall–Kier alpha value is -0.260. The van der Waals surface area contributed by atoms with E-state index in [-0.39, 0.29) is 5.57 Å². The van der Waals surface area contributed by atoms with Crippen LogP contribution in [0, 0.1) is 11.3 Å². The maximum absolute atomic E-state index is 13.2. The first-order valence-electron chi connectivity index (χ1n) is 3.49. The lowest BCUT2D eigenvalue weighted by molar-refractivity contribution is 0.284. The SMILES string of the molecule is CC1C(F)=C(I)C=C(C=N)C1F. The van der Waals surface area contributed by atoms with Crippen LogP contribution in [0.5, 0.6) is 0 Å². The number of allylic oxidation sites excluding steroid dienone is 4. The van der Waals surface area contributed by atoms with Crippen molar-refractivity contribution >= 4 is 28.8 Å². The van der Waals surface area contributed by atoms with E-state index in [4.69, 9.17) is 5.41 Å². The maximum Gasteiger partial charge on any atom is 0.135 e. The number of hydrogen-bond donors (Lipinski definition) is 1. The highest BCUT2D eigenvalue weighted by Crippen LogP contribution is 2.34. The number of rotatable bonds is 1. The van der Waals surface area contributed by atoms with Gasteiger partial charge >= 0.3 is 0 Å². The van der Waals surface area contributed by atoms with Gasteiger partial charge in [-0.05, 0) is 28.7 Å². The highest BCUT2D eigenvalue weighted by atomic mass is 127. The standard InChI is InChI=1S/C8H8F2IN/c1-4-7(9)5(3-12)2-6(11)8(4)10/h2-4,7,12H,1H3. The number of halogens is 3. The van der Waals surface area contributed by atoms with E-state index >= 15 is 0 Å². The predicted octanol–water partition coefficient (Wildman–Crippen LogP) is 3.17. The zero-order valence-electron chi connectivity index (χ0n) is 6.44. The van der Waals surface area contributed by atoms with Gasteiger partial charge in [-0.2, -0.15) is 0 Å². The Bertz CT molecular complexity index is 268. The molecule has 0 saturated heterocycles. The first-order valence-corrected chi connectivity index (χ1v) is 4.57. The normalized spacial score (nSPS) is 30.2. The fraction of sp³-hybridized carbons (Fsp3) is 0.375. The molecule has 0 heterocycles.